The fourth-order valence-corrected chi connectivity index (χ4v) is 3.97. The molecule has 2 N–H and O–H groups in total. The number of sulfonamides is 1. The molecular weight excluding hydrogens is 358 g/mol. The van der Waals surface area contributed by atoms with Crippen LogP contribution in [0, 0.1) is 0 Å². The van der Waals surface area contributed by atoms with Gasteiger partial charge in [0.1, 0.15) is 6.04 Å². The molecule has 110 valence electrons. The van der Waals surface area contributed by atoms with Gasteiger partial charge in [0.15, 0.2) is 0 Å². The lowest BCUT2D eigenvalue weighted by Gasteiger charge is -2.15. The van der Waals surface area contributed by atoms with Gasteiger partial charge in [-0.3, -0.25) is 4.79 Å². The quantitative estimate of drug-likeness (QED) is 0.848. The van der Waals surface area contributed by atoms with Gasteiger partial charge < -0.3 is 5.11 Å². The summed E-state index contributed by atoms with van der Waals surface area (Å²) in [4.78, 5) is 11.3. The van der Waals surface area contributed by atoms with E-state index in [-0.39, 0.29) is 4.90 Å². The first-order valence-electron chi connectivity index (χ1n) is 5.96. The number of carboxylic acids is 1. The Labute approximate surface area is 130 Å². The fraction of sp³-hybridized carbons (Fsp3) is 0.0714. The SMILES string of the molecule is O=C(O)[C@H](NS(=O)(=O)c1ccccc1Br)c1ccccc1. The summed E-state index contributed by atoms with van der Waals surface area (Å²) in [6.45, 7) is 0. The summed E-state index contributed by atoms with van der Waals surface area (Å²) in [6.07, 6.45) is 0. The smallest absolute Gasteiger partial charge is 0.326 e. The first-order valence-corrected chi connectivity index (χ1v) is 8.24. The molecule has 0 fully saturated rings. The van der Waals surface area contributed by atoms with E-state index in [1.165, 1.54) is 6.07 Å². The van der Waals surface area contributed by atoms with Crippen LogP contribution in [-0.2, 0) is 14.8 Å². The predicted molar refractivity (Wildman–Crippen MR) is 81.3 cm³/mol. The first kappa shape index (κ1) is 15.7. The highest BCUT2D eigenvalue weighted by molar-refractivity contribution is 9.10. The Bertz CT molecular complexity index is 747. The van der Waals surface area contributed by atoms with Gasteiger partial charge in [-0.15, -0.1) is 0 Å². The van der Waals surface area contributed by atoms with Crippen LogP contribution >= 0.6 is 15.9 Å². The molecule has 0 saturated heterocycles. The molecule has 0 bridgehead atoms. The number of carboxylic acid groups (broad SMARTS) is 1. The number of aliphatic carboxylic acids is 1. The second kappa shape index (κ2) is 6.38. The van der Waals surface area contributed by atoms with Crippen molar-refractivity contribution in [2.24, 2.45) is 0 Å². The lowest BCUT2D eigenvalue weighted by Crippen LogP contribution is -2.33. The standard InChI is InChI=1S/C14H12BrNO4S/c15-11-8-4-5-9-12(11)21(19,20)16-13(14(17)18)10-6-2-1-3-7-10/h1-9,13,16H,(H,17,18)/t13-/m1/s1. The van der Waals surface area contributed by atoms with Gasteiger partial charge in [-0.2, -0.15) is 4.72 Å². The van der Waals surface area contributed by atoms with E-state index in [0.717, 1.165) is 0 Å². The predicted octanol–water partition coefficient (Wildman–Crippen LogP) is 2.55. The van der Waals surface area contributed by atoms with Gasteiger partial charge in [0.2, 0.25) is 10.0 Å². The van der Waals surface area contributed by atoms with Crippen LogP contribution in [0.5, 0.6) is 0 Å². The Balaban J connectivity index is 2.38. The molecule has 0 amide bonds. The third kappa shape index (κ3) is 3.69. The van der Waals surface area contributed by atoms with Crippen LogP contribution in [0.4, 0.5) is 0 Å². The van der Waals surface area contributed by atoms with E-state index in [0.29, 0.717) is 10.0 Å². The highest BCUT2D eigenvalue weighted by Crippen LogP contribution is 2.23. The molecule has 0 aliphatic rings. The summed E-state index contributed by atoms with van der Waals surface area (Å²) in [5.41, 5.74) is 0.362. The highest BCUT2D eigenvalue weighted by atomic mass is 79.9. The zero-order valence-corrected chi connectivity index (χ0v) is 13.1. The van der Waals surface area contributed by atoms with Crippen LogP contribution in [-0.4, -0.2) is 19.5 Å². The number of benzene rings is 2. The van der Waals surface area contributed by atoms with Crippen LogP contribution in [0.15, 0.2) is 64.0 Å². The summed E-state index contributed by atoms with van der Waals surface area (Å²) in [5.74, 6) is -1.27. The minimum Gasteiger partial charge on any atom is -0.480 e. The molecule has 2 aromatic rings. The Hall–Kier alpha value is -1.70. The average Bonchev–Trinajstić information content (AvgIpc) is 2.46. The van der Waals surface area contributed by atoms with Crippen LogP contribution < -0.4 is 4.72 Å². The van der Waals surface area contributed by atoms with E-state index in [4.69, 9.17) is 0 Å². The van der Waals surface area contributed by atoms with Crippen LogP contribution in [0.3, 0.4) is 0 Å². The highest BCUT2D eigenvalue weighted by Gasteiger charge is 2.27. The molecule has 2 aromatic carbocycles. The van der Waals surface area contributed by atoms with Crippen molar-refractivity contribution >= 4 is 31.9 Å². The van der Waals surface area contributed by atoms with Crippen molar-refractivity contribution < 1.29 is 18.3 Å². The van der Waals surface area contributed by atoms with Crippen molar-refractivity contribution in [3.8, 4) is 0 Å². The normalized spacial score (nSPS) is 12.8. The molecule has 1 atom stereocenters. The van der Waals surface area contributed by atoms with E-state index < -0.39 is 22.0 Å². The van der Waals surface area contributed by atoms with E-state index in [1.54, 1.807) is 48.5 Å². The molecule has 0 spiro atoms. The van der Waals surface area contributed by atoms with Crippen molar-refractivity contribution in [2.45, 2.75) is 10.9 Å². The maximum absolute atomic E-state index is 12.3. The van der Waals surface area contributed by atoms with Gasteiger partial charge in [0, 0.05) is 4.47 Å². The molecule has 0 saturated carbocycles. The number of carbonyl (C=O) groups is 1. The Kier molecular flexibility index (Phi) is 4.76. The molecule has 0 aliphatic carbocycles. The minimum atomic E-state index is -3.96. The monoisotopic (exact) mass is 369 g/mol. The second-order valence-corrected chi connectivity index (χ2v) is 6.77. The van der Waals surface area contributed by atoms with Crippen LogP contribution in [0.2, 0.25) is 0 Å². The van der Waals surface area contributed by atoms with Gasteiger partial charge in [-0.1, -0.05) is 42.5 Å². The van der Waals surface area contributed by atoms with Crippen molar-refractivity contribution in [2.75, 3.05) is 0 Å². The number of halogens is 1. The largest absolute Gasteiger partial charge is 0.480 e. The number of hydrogen-bond donors (Lipinski definition) is 2. The summed E-state index contributed by atoms with van der Waals surface area (Å²) < 4.78 is 27.3. The zero-order valence-electron chi connectivity index (χ0n) is 10.7. The lowest BCUT2D eigenvalue weighted by molar-refractivity contribution is -0.139. The number of rotatable bonds is 5. The van der Waals surface area contributed by atoms with E-state index >= 15 is 0 Å². The summed E-state index contributed by atoms with van der Waals surface area (Å²) in [5, 5.41) is 9.27. The topological polar surface area (TPSA) is 83.5 Å². The Morgan fingerprint density at radius 3 is 2.19 bits per heavy atom. The molecule has 0 radical (unpaired) electrons. The third-order valence-electron chi connectivity index (χ3n) is 2.78. The zero-order chi connectivity index (χ0) is 15.5. The molecule has 0 unspecified atom stereocenters. The van der Waals surface area contributed by atoms with Crippen molar-refractivity contribution in [1.82, 2.24) is 4.72 Å². The summed E-state index contributed by atoms with van der Waals surface area (Å²) >= 11 is 3.15. The van der Waals surface area contributed by atoms with Crippen LogP contribution in [0.25, 0.3) is 0 Å². The second-order valence-electron chi connectivity index (χ2n) is 4.23. The van der Waals surface area contributed by atoms with Gasteiger partial charge in [0.25, 0.3) is 0 Å². The average molecular weight is 370 g/mol. The lowest BCUT2D eigenvalue weighted by atomic mass is 10.1. The van der Waals surface area contributed by atoms with Gasteiger partial charge in [-0.05, 0) is 33.6 Å². The summed E-state index contributed by atoms with van der Waals surface area (Å²) in [7, 11) is -3.96. The van der Waals surface area contributed by atoms with Crippen molar-refractivity contribution in [3.05, 3.63) is 64.6 Å². The van der Waals surface area contributed by atoms with E-state index in [1.807, 2.05) is 0 Å². The molecule has 0 aliphatic heterocycles. The molecule has 21 heavy (non-hydrogen) atoms. The maximum atomic E-state index is 12.3. The van der Waals surface area contributed by atoms with Crippen molar-refractivity contribution in [3.63, 3.8) is 0 Å². The first-order chi connectivity index (χ1) is 9.92. The van der Waals surface area contributed by atoms with Gasteiger partial charge >= 0.3 is 5.97 Å². The molecule has 0 heterocycles. The molecule has 7 heteroatoms. The Morgan fingerprint density at radius 2 is 1.62 bits per heavy atom. The molecule has 5 nitrogen and oxygen atoms in total. The number of nitrogens with one attached hydrogen (secondary N) is 1. The minimum absolute atomic E-state index is 0.00724. The van der Waals surface area contributed by atoms with Crippen LogP contribution in [0.1, 0.15) is 11.6 Å². The maximum Gasteiger partial charge on any atom is 0.326 e. The molecule has 0 aromatic heterocycles. The molecular formula is C14H12BrNO4S. The van der Waals surface area contributed by atoms with Crippen molar-refractivity contribution in [1.29, 1.82) is 0 Å². The Morgan fingerprint density at radius 1 is 1.05 bits per heavy atom. The molecule has 2 rings (SSSR count). The van der Waals surface area contributed by atoms with E-state index in [9.17, 15) is 18.3 Å². The van der Waals surface area contributed by atoms with E-state index in [2.05, 4.69) is 20.7 Å². The van der Waals surface area contributed by atoms with Gasteiger partial charge in [0.05, 0.1) is 4.90 Å². The number of hydrogen-bond acceptors (Lipinski definition) is 3. The van der Waals surface area contributed by atoms with Gasteiger partial charge in [-0.25, -0.2) is 8.42 Å². The summed E-state index contributed by atoms with van der Waals surface area (Å²) in [6, 6.07) is 13.0. The third-order valence-corrected chi connectivity index (χ3v) is 5.21. The fourth-order valence-electron chi connectivity index (χ4n) is 1.79.